The molecule has 1 heterocycles. The molecule has 0 saturated carbocycles. The van der Waals surface area contributed by atoms with Gasteiger partial charge in [-0.25, -0.2) is 0 Å². The third-order valence-corrected chi connectivity index (χ3v) is 1.37. The molecular weight excluding hydrogens is 131 g/mol. The number of rotatable bonds is 1. The molecule has 4 heteroatoms. The zero-order valence-electron chi connectivity index (χ0n) is 6.88. The van der Waals surface area contributed by atoms with E-state index in [2.05, 4.69) is 20.8 Å². The van der Waals surface area contributed by atoms with Crippen LogP contribution in [0.25, 0.3) is 0 Å². The number of hydrogen-bond acceptors (Lipinski definition) is 3. The minimum absolute atomic E-state index is 0.0506. The monoisotopic (exact) mass is 144 g/mol. The van der Waals surface area contributed by atoms with Gasteiger partial charge in [-0.3, -0.25) is 0 Å². The standard InChI is InChI=1S/C6H13BO3/c1-6(2,3)5-9-7(8-4)10-5/h5H,1-4H3. The van der Waals surface area contributed by atoms with Crippen molar-refractivity contribution in [2.75, 3.05) is 7.11 Å². The molecule has 0 atom stereocenters. The van der Waals surface area contributed by atoms with Crippen molar-refractivity contribution in [3.63, 3.8) is 0 Å². The summed E-state index contributed by atoms with van der Waals surface area (Å²) in [4.78, 5) is 0. The second-order valence-electron chi connectivity index (χ2n) is 3.49. The van der Waals surface area contributed by atoms with Crippen molar-refractivity contribution in [3.05, 3.63) is 0 Å². The first kappa shape index (κ1) is 8.05. The van der Waals surface area contributed by atoms with Gasteiger partial charge in [-0.05, 0) is 0 Å². The molecule has 58 valence electrons. The van der Waals surface area contributed by atoms with Gasteiger partial charge in [0.1, 0.15) is 6.29 Å². The molecule has 1 rings (SSSR count). The fraction of sp³-hybridized carbons (Fsp3) is 1.00. The van der Waals surface area contributed by atoms with Crippen LogP contribution in [0.3, 0.4) is 0 Å². The molecule has 0 radical (unpaired) electrons. The van der Waals surface area contributed by atoms with Crippen molar-refractivity contribution in [3.8, 4) is 0 Å². The summed E-state index contributed by atoms with van der Waals surface area (Å²) in [7, 11) is 1.12. The quantitative estimate of drug-likeness (QED) is 0.514. The smallest absolute Gasteiger partial charge is 0.389 e. The summed E-state index contributed by atoms with van der Waals surface area (Å²) >= 11 is 0. The summed E-state index contributed by atoms with van der Waals surface area (Å²) in [5.41, 5.74) is 0.0506. The Balaban J connectivity index is 2.26. The van der Waals surface area contributed by atoms with Crippen LogP contribution >= 0.6 is 0 Å². The average molecular weight is 144 g/mol. The zero-order valence-corrected chi connectivity index (χ0v) is 6.88. The van der Waals surface area contributed by atoms with Crippen LogP contribution in [0, 0.1) is 5.41 Å². The van der Waals surface area contributed by atoms with Crippen molar-refractivity contribution < 1.29 is 14.0 Å². The van der Waals surface area contributed by atoms with Gasteiger partial charge in [0, 0.05) is 12.5 Å². The van der Waals surface area contributed by atoms with E-state index in [1.165, 1.54) is 0 Å². The molecule has 1 aliphatic heterocycles. The highest BCUT2D eigenvalue weighted by molar-refractivity contribution is 6.38. The van der Waals surface area contributed by atoms with Gasteiger partial charge >= 0.3 is 7.32 Å². The van der Waals surface area contributed by atoms with Crippen LogP contribution < -0.4 is 0 Å². The van der Waals surface area contributed by atoms with E-state index < -0.39 is 7.32 Å². The molecule has 0 aliphatic carbocycles. The Kier molecular flexibility index (Phi) is 2.03. The van der Waals surface area contributed by atoms with Crippen LogP contribution in [0.1, 0.15) is 20.8 Å². The minimum Gasteiger partial charge on any atom is -0.389 e. The summed E-state index contributed by atoms with van der Waals surface area (Å²) in [5.74, 6) is 0. The van der Waals surface area contributed by atoms with Gasteiger partial charge in [-0.1, -0.05) is 20.8 Å². The predicted molar refractivity (Wildman–Crippen MR) is 38.2 cm³/mol. The van der Waals surface area contributed by atoms with E-state index in [0.29, 0.717) is 0 Å². The topological polar surface area (TPSA) is 27.7 Å². The highest BCUT2D eigenvalue weighted by Crippen LogP contribution is 2.30. The molecule has 0 unspecified atom stereocenters. The Morgan fingerprint density at radius 1 is 1.30 bits per heavy atom. The lowest BCUT2D eigenvalue weighted by Crippen LogP contribution is -2.52. The number of hydrogen-bond donors (Lipinski definition) is 0. The van der Waals surface area contributed by atoms with Crippen LogP contribution in [0.5, 0.6) is 0 Å². The van der Waals surface area contributed by atoms with Crippen LogP contribution in [-0.4, -0.2) is 20.7 Å². The van der Waals surface area contributed by atoms with Crippen LogP contribution in [0.15, 0.2) is 0 Å². The van der Waals surface area contributed by atoms with Gasteiger partial charge in [-0.15, -0.1) is 0 Å². The van der Waals surface area contributed by atoms with E-state index >= 15 is 0 Å². The molecule has 0 aromatic heterocycles. The second kappa shape index (κ2) is 2.53. The van der Waals surface area contributed by atoms with Crippen molar-refractivity contribution in [1.82, 2.24) is 0 Å². The molecular formula is C6H13BO3. The van der Waals surface area contributed by atoms with Crippen molar-refractivity contribution >= 4 is 7.32 Å². The van der Waals surface area contributed by atoms with E-state index in [1.54, 1.807) is 7.11 Å². The molecule has 0 aromatic carbocycles. The second-order valence-corrected chi connectivity index (χ2v) is 3.49. The summed E-state index contributed by atoms with van der Waals surface area (Å²) in [6.07, 6.45) is -0.113. The van der Waals surface area contributed by atoms with Crippen molar-refractivity contribution in [2.45, 2.75) is 27.1 Å². The molecule has 0 spiro atoms. The highest BCUT2D eigenvalue weighted by atomic mass is 16.9. The maximum atomic E-state index is 5.21. The van der Waals surface area contributed by atoms with Crippen molar-refractivity contribution in [1.29, 1.82) is 0 Å². The summed E-state index contributed by atoms with van der Waals surface area (Å²) in [5, 5.41) is 0. The van der Waals surface area contributed by atoms with E-state index in [0.717, 1.165) is 0 Å². The fourth-order valence-electron chi connectivity index (χ4n) is 0.731. The lowest BCUT2D eigenvalue weighted by molar-refractivity contribution is -0.200. The average Bonchev–Trinajstić information content (AvgIpc) is 1.57. The van der Waals surface area contributed by atoms with Crippen LogP contribution in [0.4, 0.5) is 0 Å². The maximum Gasteiger partial charge on any atom is 0.643 e. The zero-order chi connectivity index (χ0) is 7.78. The Morgan fingerprint density at radius 3 is 2.10 bits per heavy atom. The molecule has 0 aromatic rings. The van der Waals surface area contributed by atoms with Gasteiger partial charge in [0.25, 0.3) is 0 Å². The molecule has 1 saturated heterocycles. The van der Waals surface area contributed by atoms with Gasteiger partial charge in [0.2, 0.25) is 0 Å². The minimum atomic E-state index is -0.441. The van der Waals surface area contributed by atoms with Crippen LogP contribution in [-0.2, 0) is 14.0 Å². The highest BCUT2D eigenvalue weighted by Gasteiger charge is 2.44. The van der Waals surface area contributed by atoms with Gasteiger partial charge in [0.15, 0.2) is 0 Å². The first-order valence-electron chi connectivity index (χ1n) is 3.38. The Hall–Kier alpha value is -0.0551. The molecule has 0 N–H and O–H groups in total. The molecule has 3 nitrogen and oxygen atoms in total. The first-order chi connectivity index (χ1) is 4.54. The molecule has 1 aliphatic rings. The fourth-order valence-corrected chi connectivity index (χ4v) is 0.731. The maximum absolute atomic E-state index is 5.21. The summed E-state index contributed by atoms with van der Waals surface area (Å²) in [6.45, 7) is 6.18. The predicted octanol–water partition coefficient (Wildman–Crippen LogP) is 1.04. The van der Waals surface area contributed by atoms with Crippen molar-refractivity contribution in [2.24, 2.45) is 5.41 Å². The summed E-state index contributed by atoms with van der Waals surface area (Å²) < 4.78 is 15.2. The van der Waals surface area contributed by atoms with E-state index in [1.807, 2.05) is 0 Å². The molecule has 0 bridgehead atoms. The summed E-state index contributed by atoms with van der Waals surface area (Å²) in [6, 6.07) is 0. The van der Waals surface area contributed by atoms with Gasteiger partial charge in [-0.2, -0.15) is 0 Å². The van der Waals surface area contributed by atoms with E-state index in [-0.39, 0.29) is 11.7 Å². The Bertz CT molecular complexity index is 115. The molecule has 1 fully saturated rings. The third kappa shape index (κ3) is 1.51. The van der Waals surface area contributed by atoms with E-state index in [9.17, 15) is 0 Å². The largest absolute Gasteiger partial charge is 0.643 e. The Morgan fingerprint density at radius 2 is 1.80 bits per heavy atom. The first-order valence-corrected chi connectivity index (χ1v) is 3.38. The lowest BCUT2D eigenvalue weighted by Gasteiger charge is -2.40. The van der Waals surface area contributed by atoms with Crippen LogP contribution in [0.2, 0.25) is 0 Å². The van der Waals surface area contributed by atoms with Gasteiger partial charge < -0.3 is 14.0 Å². The SMILES string of the molecule is COB1OC(C(C)(C)C)O1. The molecule has 0 amide bonds. The Labute approximate surface area is 61.8 Å². The molecule has 10 heavy (non-hydrogen) atoms. The normalized spacial score (nSPS) is 21.0. The van der Waals surface area contributed by atoms with E-state index in [4.69, 9.17) is 14.0 Å². The third-order valence-electron chi connectivity index (χ3n) is 1.37. The lowest BCUT2D eigenvalue weighted by atomic mass is 9.91. The van der Waals surface area contributed by atoms with Gasteiger partial charge in [0.05, 0.1) is 0 Å².